The van der Waals surface area contributed by atoms with E-state index in [2.05, 4.69) is 20.9 Å². The molecule has 1 saturated heterocycles. The maximum absolute atomic E-state index is 12.7. The first kappa shape index (κ1) is 18.4. The normalized spacial score (nSPS) is 25.2. The molecule has 3 heterocycles. The Balaban J connectivity index is 1.65. The highest BCUT2D eigenvalue weighted by Gasteiger charge is 2.46. The molecule has 8 nitrogen and oxygen atoms in total. The first-order valence-electron chi connectivity index (χ1n) is 7.88. The number of halogens is 1. The van der Waals surface area contributed by atoms with Crippen molar-refractivity contribution in [2.75, 3.05) is 0 Å². The van der Waals surface area contributed by atoms with E-state index in [1.54, 1.807) is 24.3 Å². The number of carbonyl (C=O) groups is 2. The minimum Gasteiger partial charge on any atom is -0.387 e. The maximum Gasteiger partial charge on any atom is 0.212 e. The van der Waals surface area contributed by atoms with E-state index in [-0.39, 0.29) is 11.5 Å². The number of aliphatic hydroxyl groups is 3. The van der Waals surface area contributed by atoms with Crippen molar-refractivity contribution in [1.29, 1.82) is 0 Å². The number of imidazole rings is 1. The van der Waals surface area contributed by atoms with Crippen LogP contribution >= 0.6 is 27.3 Å². The van der Waals surface area contributed by atoms with E-state index in [1.165, 1.54) is 16.8 Å². The molecule has 4 rings (SSSR count). The predicted octanol–water partition coefficient (Wildman–Crippen LogP) is 1.01. The number of fused-ring (bicyclic) bond motifs is 1. The summed E-state index contributed by atoms with van der Waals surface area (Å²) in [5.41, 5.74) is 0.581. The molecule has 1 aliphatic rings. The Kier molecular flexibility index (Phi) is 4.70. The minimum absolute atomic E-state index is 0.0847. The number of Topliss-reactive ketones (excluding diaryl/α,β-unsaturated/α-hetero) is 1. The summed E-state index contributed by atoms with van der Waals surface area (Å²) in [6, 6.07) is 6.89. The van der Waals surface area contributed by atoms with E-state index in [9.17, 15) is 24.9 Å². The van der Waals surface area contributed by atoms with Crippen LogP contribution in [-0.4, -0.2) is 60.9 Å². The topological polar surface area (TPSA) is 121 Å². The molecule has 0 bridgehead atoms. The number of carbonyl (C=O) groups excluding carboxylic acids is 2. The smallest absolute Gasteiger partial charge is 0.212 e. The summed E-state index contributed by atoms with van der Waals surface area (Å²) in [6.07, 6.45) is -3.39. The van der Waals surface area contributed by atoms with Crippen LogP contribution in [0.3, 0.4) is 0 Å². The fraction of sp³-hybridized carbons (Fsp3) is 0.235. The molecule has 10 heteroatoms. The van der Waals surface area contributed by atoms with Crippen LogP contribution < -0.4 is 0 Å². The molecule has 0 radical (unpaired) electrons. The number of nitrogens with zero attached hydrogens (tertiary/aromatic N) is 2. The zero-order valence-electron chi connectivity index (χ0n) is 13.5. The molecule has 0 amide bonds. The van der Waals surface area contributed by atoms with Crippen LogP contribution in [0.4, 0.5) is 0 Å². The van der Waals surface area contributed by atoms with E-state index in [0.29, 0.717) is 15.4 Å². The fourth-order valence-corrected chi connectivity index (χ4v) is 4.02. The number of ketones is 2. The van der Waals surface area contributed by atoms with Crippen molar-refractivity contribution in [2.45, 2.75) is 24.6 Å². The molecule has 1 unspecified atom stereocenters. The van der Waals surface area contributed by atoms with Crippen molar-refractivity contribution < 1.29 is 29.6 Å². The Morgan fingerprint density at radius 2 is 1.85 bits per heavy atom. The van der Waals surface area contributed by atoms with Gasteiger partial charge < -0.3 is 20.1 Å². The third-order valence-corrected chi connectivity index (χ3v) is 5.81. The Labute approximate surface area is 164 Å². The lowest BCUT2D eigenvalue weighted by Crippen LogP contribution is -2.36. The molecule has 0 aliphatic carbocycles. The number of ether oxygens (including phenoxy) is 1. The predicted molar refractivity (Wildman–Crippen MR) is 97.9 cm³/mol. The molecular formula is C17H13BrN2O6S. The summed E-state index contributed by atoms with van der Waals surface area (Å²) in [6.45, 7) is 0. The van der Waals surface area contributed by atoms with Gasteiger partial charge in [0.2, 0.25) is 11.6 Å². The molecule has 1 aromatic carbocycles. The Morgan fingerprint density at radius 3 is 2.48 bits per heavy atom. The van der Waals surface area contributed by atoms with E-state index >= 15 is 0 Å². The highest BCUT2D eigenvalue weighted by Crippen LogP contribution is 2.26. The highest BCUT2D eigenvalue weighted by molar-refractivity contribution is 9.10. The van der Waals surface area contributed by atoms with Crippen LogP contribution in [0.1, 0.15) is 25.7 Å². The standard InChI is InChI=1S/C17H13BrN2O6S/c18-8-3-1-7(2-4-8)11(21)10-6-20-9(5-19-17(20)27-10)12(22)15-13(23)14(24)16(25)26-15/h1-6,13-16,23-25H/t13-,14-,15-,16?/m1/s1. The summed E-state index contributed by atoms with van der Waals surface area (Å²) in [5, 5.41) is 28.9. The zero-order valence-corrected chi connectivity index (χ0v) is 15.9. The number of benzene rings is 1. The van der Waals surface area contributed by atoms with Crippen LogP contribution in [-0.2, 0) is 4.74 Å². The zero-order chi connectivity index (χ0) is 19.3. The van der Waals surface area contributed by atoms with Gasteiger partial charge in [-0.1, -0.05) is 27.3 Å². The molecule has 0 saturated carbocycles. The van der Waals surface area contributed by atoms with Gasteiger partial charge in [0, 0.05) is 16.2 Å². The third-order valence-electron chi connectivity index (χ3n) is 4.29. The van der Waals surface area contributed by atoms with Gasteiger partial charge in [-0.25, -0.2) is 4.98 Å². The van der Waals surface area contributed by atoms with Gasteiger partial charge in [0.15, 0.2) is 17.4 Å². The lowest BCUT2D eigenvalue weighted by atomic mass is 10.1. The van der Waals surface area contributed by atoms with Gasteiger partial charge in [-0.3, -0.25) is 14.0 Å². The van der Waals surface area contributed by atoms with Crippen LogP contribution in [0.2, 0.25) is 0 Å². The minimum atomic E-state index is -1.64. The lowest BCUT2D eigenvalue weighted by Gasteiger charge is -2.12. The SMILES string of the molecule is O=C(c1ccc(Br)cc1)c1cn2c(C(=O)[C@H]3OC(O)[C@H](O)[C@H]3O)cnc2s1. The Morgan fingerprint density at radius 1 is 1.15 bits per heavy atom. The van der Waals surface area contributed by atoms with E-state index in [0.717, 1.165) is 15.8 Å². The molecule has 3 N–H and O–H groups in total. The van der Waals surface area contributed by atoms with Gasteiger partial charge in [0.05, 0.1) is 11.1 Å². The number of aromatic nitrogens is 2. The quantitative estimate of drug-likeness (QED) is 0.505. The average molecular weight is 453 g/mol. The van der Waals surface area contributed by atoms with Gasteiger partial charge in [-0.05, 0) is 24.3 Å². The van der Waals surface area contributed by atoms with Crippen LogP contribution in [0, 0.1) is 0 Å². The second kappa shape index (κ2) is 6.89. The second-order valence-electron chi connectivity index (χ2n) is 6.02. The van der Waals surface area contributed by atoms with Crippen molar-refractivity contribution in [1.82, 2.24) is 9.38 Å². The molecule has 2 aromatic heterocycles. The van der Waals surface area contributed by atoms with Gasteiger partial charge in [-0.15, -0.1) is 0 Å². The van der Waals surface area contributed by atoms with Crippen molar-refractivity contribution in [3.63, 3.8) is 0 Å². The average Bonchev–Trinajstić information content (AvgIpc) is 3.31. The van der Waals surface area contributed by atoms with E-state index in [1.807, 2.05) is 0 Å². The molecule has 4 atom stereocenters. The molecule has 3 aromatic rings. The van der Waals surface area contributed by atoms with Crippen LogP contribution in [0.25, 0.3) is 4.96 Å². The third kappa shape index (κ3) is 3.14. The number of hydrogen-bond acceptors (Lipinski definition) is 8. The first-order chi connectivity index (χ1) is 12.9. The van der Waals surface area contributed by atoms with Crippen LogP contribution in [0.15, 0.2) is 41.1 Å². The first-order valence-corrected chi connectivity index (χ1v) is 9.49. The summed E-state index contributed by atoms with van der Waals surface area (Å²) < 4.78 is 7.24. The summed E-state index contributed by atoms with van der Waals surface area (Å²) in [4.78, 5) is 30.2. The van der Waals surface area contributed by atoms with Crippen molar-refractivity contribution in [3.05, 3.63) is 57.3 Å². The molecule has 1 fully saturated rings. The Hall–Kier alpha value is -1.95. The van der Waals surface area contributed by atoms with E-state index in [4.69, 9.17) is 4.74 Å². The molecule has 0 spiro atoms. The number of thiazole rings is 1. The number of hydrogen-bond donors (Lipinski definition) is 3. The Bertz CT molecular complexity index is 1030. The van der Waals surface area contributed by atoms with Crippen molar-refractivity contribution >= 4 is 43.8 Å². The summed E-state index contributed by atoms with van der Waals surface area (Å²) >= 11 is 4.44. The molecule has 27 heavy (non-hydrogen) atoms. The van der Waals surface area contributed by atoms with Gasteiger partial charge in [-0.2, -0.15) is 0 Å². The van der Waals surface area contributed by atoms with Crippen LogP contribution in [0.5, 0.6) is 0 Å². The van der Waals surface area contributed by atoms with E-state index < -0.39 is 30.4 Å². The molecule has 1 aliphatic heterocycles. The van der Waals surface area contributed by atoms with Gasteiger partial charge in [0.25, 0.3) is 0 Å². The van der Waals surface area contributed by atoms with Gasteiger partial charge >= 0.3 is 0 Å². The largest absolute Gasteiger partial charge is 0.387 e. The van der Waals surface area contributed by atoms with Crippen molar-refractivity contribution in [3.8, 4) is 0 Å². The molecular weight excluding hydrogens is 440 g/mol. The number of rotatable bonds is 4. The fourth-order valence-electron chi connectivity index (χ4n) is 2.84. The number of aliphatic hydroxyl groups excluding tert-OH is 3. The van der Waals surface area contributed by atoms with Gasteiger partial charge in [0.1, 0.15) is 17.9 Å². The van der Waals surface area contributed by atoms with Crippen molar-refractivity contribution in [2.24, 2.45) is 0 Å². The summed E-state index contributed by atoms with van der Waals surface area (Å²) in [7, 11) is 0. The second-order valence-corrected chi connectivity index (χ2v) is 7.94. The highest BCUT2D eigenvalue weighted by atomic mass is 79.9. The monoisotopic (exact) mass is 452 g/mol. The maximum atomic E-state index is 12.7. The molecule has 140 valence electrons. The summed E-state index contributed by atoms with van der Waals surface area (Å²) in [5.74, 6) is -0.856. The lowest BCUT2D eigenvalue weighted by molar-refractivity contribution is -0.120.